The molecule has 0 saturated heterocycles. The van der Waals surface area contributed by atoms with Crippen molar-refractivity contribution in [1.29, 1.82) is 0 Å². The summed E-state index contributed by atoms with van der Waals surface area (Å²) in [6, 6.07) is 6.63. The average molecular weight is 289 g/mol. The molecule has 112 valence electrons. The van der Waals surface area contributed by atoms with Crippen molar-refractivity contribution in [2.45, 2.75) is 13.0 Å². The van der Waals surface area contributed by atoms with Gasteiger partial charge in [0, 0.05) is 38.9 Å². The highest BCUT2D eigenvalue weighted by Crippen LogP contribution is 2.03. The second kappa shape index (κ2) is 7.42. The molecule has 21 heavy (non-hydrogen) atoms. The van der Waals surface area contributed by atoms with Crippen molar-refractivity contribution in [3.8, 4) is 0 Å². The molecule has 6 heteroatoms. The Kier molecular flexibility index (Phi) is 5.31. The number of aryl methyl sites for hydroxylation is 1. The zero-order chi connectivity index (χ0) is 15.1. The number of benzene rings is 1. The summed E-state index contributed by atoms with van der Waals surface area (Å²) in [4.78, 5) is 4.15. The Morgan fingerprint density at radius 3 is 2.86 bits per heavy atom. The Morgan fingerprint density at radius 2 is 2.19 bits per heavy atom. The third-order valence-electron chi connectivity index (χ3n) is 3.04. The highest BCUT2D eigenvalue weighted by Gasteiger charge is 2.00. The summed E-state index contributed by atoms with van der Waals surface area (Å²) in [5.74, 6) is 0.516. The molecular weight excluding hydrogens is 269 g/mol. The lowest BCUT2D eigenvalue weighted by atomic mass is 10.1. The zero-order valence-corrected chi connectivity index (χ0v) is 12.3. The normalized spacial score (nSPS) is 11.5. The molecule has 0 spiro atoms. The second-order valence-corrected chi connectivity index (χ2v) is 4.75. The average Bonchev–Trinajstić information content (AvgIpc) is 2.88. The quantitative estimate of drug-likeness (QED) is 0.647. The first-order valence-electron chi connectivity index (χ1n) is 6.84. The third-order valence-corrected chi connectivity index (χ3v) is 3.04. The van der Waals surface area contributed by atoms with Crippen molar-refractivity contribution in [1.82, 2.24) is 20.4 Å². The monoisotopic (exact) mass is 289 g/mol. The maximum Gasteiger partial charge on any atom is 0.191 e. The first-order chi connectivity index (χ1) is 10.2. The number of rotatable bonds is 5. The lowest BCUT2D eigenvalue weighted by Crippen LogP contribution is -2.37. The van der Waals surface area contributed by atoms with Gasteiger partial charge in [-0.1, -0.05) is 12.1 Å². The van der Waals surface area contributed by atoms with Crippen molar-refractivity contribution >= 4 is 5.96 Å². The van der Waals surface area contributed by atoms with Crippen LogP contribution in [-0.4, -0.2) is 29.3 Å². The minimum absolute atomic E-state index is 0.202. The maximum atomic E-state index is 13.1. The van der Waals surface area contributed by atoms with E-state index < -0.39 is 0 Å². The molecule has 1 heterocycles. The molecule has 5 nitrogen and oxygen atoms in total. The molecule has 0 fully saturated rings. The van der Waals surface area contributed by atoms with E-state index >= 15 is 0 Å². The molecule has 2 N–H and O–H groups in total. The summed E-state index contributed by atoms with van der Waals surface area (Å²) < 4.78 is 14.8. The zero-order valence-electron chi connectivity index (χ0n) is 12.3. The molecule has 1 aromatic heterocycles. The number of hydrogen-bond acceptors (Lipinski definition) is 2. The van der Waals surface area contributed by atoms with Crippen LogP contribution in [0.3, 0.4) is 0 Å². The first kappa shape index (κ1) is 15.0. The number of hydrogen-bond donors (Lipinski definition) is 2. The van der Waals surface area contributed by atoms with Gasteiger partial charge in [-0.3, -0.25) is 9.67 Å². The van der Waals surface area contributed by atoms with E-state index in [-0.39, 0.29) is 5.82 Å². The van der Waals surface area contributed by atoms with Gasteiger partial charge in [-0.25, -0.2) is 4.39 Å². The molecule has 0 aliphatic carbocycles. The molecule has 0 saturated carbocycles. The van der Waals surface area contributed by atoms with Crippen molar-refractivity contribution in [3.05, 3.63) is 53.6 Å². The Bertz CT molecular complexity index is 606. The first-order valence-corrected chi connectivity index (χ1v) is 6.84. The van der Waals surface area contributed by atoms with E-state index in [2.05, 4.69) is 20.7 Å². The fourth-order valence-electron chi connectivity index (χ4n) is 1.99. The van der Waals surface area contributed by atoms with Crippen molar-refractivity contribution < 1.29 is 4.39 Å². The molecule has 0 atom stereocenters. The lowest BCUT2D eigenvalue weighted by molar-refractivity contribution is 0.625. The smallest absolute Gasteiger partial charge is 0.191 e. The summed E-state index contributed by atoms with van der Waals surface area (Å²) >= 11 is 0. The highest BCUT2D eigenvalue weighted by atomic mass is 19.1. The van der Waals surface area contributed by atoms with Gasteiger partial charge in [-0.05, 0) is 24.1 Å². The van der Waals surface area contributed by atoms with Gasteiger partial charge in [0.15, 0.2) is 5.96 Å². The molecular formula is C15H20FN5. The highest BCUT2D eigenvalue weighted by molar-refractivity contribution is 5.79. The Labute approximate surface area is 123 Å². The Balaban J connectivity index is 1.75. The number of guanidine groups is 1. The van der Waals surface area contributed by atoms with Crippen LogP contribution in [-0.2, 0) is 20.0 Å². The second-order valence-electron chi connectivity index (χ2n) is 4.75. The summed E-state index contributed by atoms with van der Waals surface area (Å²) in [5.41, 5.74) is 2.05. The van der Waals surface area contributed by atoms with E-state index in [4.69, 9.17) is 0 Å². The summed E-state index contributed by atoms with van der Waals surface area (Å²) in [6.07, 6.45) is 4.51. The van der Waals surface area contributed by atoms with E-state index in [1.807, 2.05) is 25.5 Å². The van der Waals surface area contributed by atoms with Gasteiger partial charge < -0.3 is 10.6 Å². The van der Waals surface area contributed by atoms with E-state index in [9.17, 15) is 4.39 Å². The summed E-state index contributed by atoms with van der Waals surface area (Å²) in [7, 11) is 3.61. The van der Waals surface area contributed by atoms with Gasteiger partial charge in [-0.15, -0.1) is 0 Å². The molecule has 0 radical (unpaired) electrons. The minimum Gasteiger partial charge on any atom is -0.356 e. The van der Waals surface area contributed by atoms with Gasteiger partial charge in [0.25, 0.3) is 0 Å². The number of nitrogens with one attached hydrogen (secondary N) is 2. The van der Waals surface area contributed by atoms with Gasteiger partial charge >= 0.3 is 0 Å². The largest absolute Gasteiger partial charge is 0.356 e. The van der Waals surface area contributed by atoms with Gasteiger partial charge in [-0.2, -0.15) is 5.10 Å². The van der Waals surface area contributed by atoms with Crippen LogP contribution in [0, 0.1) is 5.82 Å². The van der Waals surface area contributed by atoms with Crippen LogP contribution in [0.25, 0.3) is 0 Å². The fraction of sp³-hybridized carbons (Fsp3) is 0.333. The molecule has 0 unspecified atom stereocenters. The van der Waals surface area contributed by atoms with Gasteiger partial charge in [0.05, 0.1) is 6.20 Å². The van der Waals surface area contributed by atoms with Crippen LogP contribution in [0.4, 0.5) is 4.39 Å². The molecule has 0 aliphatic rings. The van der Waals surface area contributed by atoms with Crippen LogP contribution >= 0.6 is 0 Å². The predicted molar refractivity (Wildman–Crippen MR) is 81.5 cm³/mol. The molecule has 1 aromatic carbocycles. The number of halogens is 1. The Morgan fingerprint density at radius 1 is 1.33 bits per heavy atom. The molecule has 0 aliphatic heterocycles. The fourth-order valence-corrected chi connectivity index (χ4v) is 1.99. The SMILES string of the molecule is CN=C(NCCc1cccc(F)c1)NCc1cnn(C)c1. The van der Waals surface area contributed by atoms with Crippen LogP contribution in [0.2, 0.25) is 0 Å². The Hall–Kier alpha value is -2.37. The molecule has 0 amide bonds. The van der Waals surface area contributed by atoms with E-state index in [1.165, 1.54) is 6.07 Å². The van der Waals surface area contributed by atoms with E-state index in [0.29, 0.717) is 13.1 Å². The topological polar surface area (TPSA) is 54.2 Å². The number of nitrogens with zero attached hydrogens (tertiary/aromatic N) is 3. The van der Waals surface area contributed by atoms with Crippen LogP contribution in [0.5, 0.6) is 0 Å². The number of aromatic nitrogens is 2. The van der Waals surface area contributed by atoms with Crippen LogP contribution in [0.1, 0.15) is 11.1 Å². The minimum atomic E-state index is -0.202. The van der Waals surface area contributed by atoms with Crippen molar-refractivity contribution in [3.63, 3.8) is 0 Å². The van der Waals surface area contributed by atoms with Gasteiger partial charge in [0.1, 0.15) is 5.82 Å². The maximum absolute atomic E-state index is 13.1. The lowest BCUT2D eigenvalue weighted by Gasteiger charge is -2.11. The molecule has 0 bridgehead atoms. The van der Waals surface area contributed by atoms with Crippen LogP contribution in [0.15, 0.2) is 41.7 Å². The van der Waals surface area contributed by atoms with Gasteiger partial charge in [0.2, 0.25) is 0 Å². The van der Waals surface area contributed by atoms with Crippen molar-refractivity contribution in [2.24, 2.45) is 12.0 Å². The van der Waals surface area contributed by atoms with E-state index in [1.54, 1.807) is 23.9 Å². The van der Waals surface area contributed by atoms with Crippen LogP contribution < -0.4 is 10.6 Å². The third kappa shape index (κ3) is 4.91. The van der Waals surface area contributed by atoms with Crippen molar-refractivity contribution in [2.75, 3.05) is 13.6 Å². The number of aliphatic imine (C=N–C) groups is 1. The molecule has 2 aromatic rings. The molecule has 2 rings (SSSR count). The standard InChI is InChI=1S/C15H20FN5/c1-17-15(19-9-13-10-20-21(2)11-13)18-7-6-12-4-3-5-14(16)8-12/h3-5,8,10-11H,6-7,9H2,1-2H3,(H2,17,18,19). The summed E-state index contributed by atoms with van der Waals surface area (Å²) in [6.45, 7) is 1.35. The summed E-state index contributed by atoms with van der Waals surface area (Å²) in [5, 5.41) is 10.5. The predicted octanol–water partition coefficient (Wildman–Crippen LogP) is 1.47. The van der Waals surface area contributed by atoms with E-state index in [0.717, 1.165) is 23.5 Å².